The lowest BCUT2D eigenvalue weighted by atomic mass is 10.1. The fourth-order valence-electron chi connectivity index (χ4n) is 2.95. The smallest absolute Gasteiger partial charge is 0.336 e. The third kappa shape index (κ3) is 4.58. The van der Waals surface area contributed by atoms with E-state index in [-0.39, 0.29) is 0 Å². The largest absolute Gasteiger partial charge is 0.416 e. The summed E-state index contributed by atoms with van der Waals surface area (Å²) in [7, 11) is 0. The zero-order valence-corrected chi connectivity index (χ0v) is 13.4. The van der Waals surface area contributed by atoms with Crippen LogP contribution in [0.2, 0.25) is 0 Å². The third-order valence-electron chi connectivity index (χ3n) is 4.36. The number of aromatic nitrogens is 2. The second kappa shape index (κ2) is 7.36. The monoisotopic (exact) mass is 338 g/mol. The highest BCUT2D eigenvalue weighted by Gasteiger charge is 2.30. The molecule has 3 rings (SSSR count). The van der Waals surface area contributed by atoms with Gasteiger partial charge in [-0.2, -0.15) is 13.2 Å². The van der Waals surface area contributed by atoms with E-state index in [1.807, 2.05) is 12.5 Å². The Balaban J connectivity index is 1.47. The number of hydrogen-bond acceptors (Lipinski definition) is 3. The van der Waals surface area contributed by atoms with E-state index in [0.29, 0.717) is 6.54 Å². The number of benzene rings is 1. The molecule has 0 N–H and O–H groups in total. The number of imidazole rings is 1. The van der Waals surface area contributed by atoms with Crippen LogP contribution >= 0.6 is 0 Å². The maximum atomic E-state index is 12.8. The van der Waals surface area contributed by atoms with Crippen LogP contribution in [0.15, 0.2) is 43.0 Å². The summed E-state index contributed by atoms with van der Waals surface area (Å²) >= 11 is 0. The lowest BCUT2D eigenvalue weighted by Gasteiger charge is -2.34. The van der Waals surface area contributed by atoms with Crippen molar-refractivity contribution in [3.63, 3.8) is 0 Å². The van der Waals surface area contributed by atoms with Crippen LogP contribution in [0, 0.1) is 0 Å². The quantitative estimate of drug-likeness (QED) is 0.838. The summed E-state index contributed by atoms with van der Waals surface area (Å²) in [5.74, 6) is 0. The van der Waals surface area contributed by atoms with Gasteiger partial charge in [0.05, 0.1) is 11.9 Å². The van der Waals surface area contributed by atoms with E-state index in [1.54, 1.807) is 12.3 Å². The van der Waals surface area contributed by atoms with Crippen LogP contribution in [0.25, 0.3) is 0 Å². The molecule has 7 heteroatoms. The Hall–Kier alpha value is -1.86. The molecule has 0 atom stereocenters. The van der Waals surface area contributed by atoms with Crippen molar-refractivity contribution >= 4 is 0 Å². The van der Waals surface area contributed by atoms with Crippen LogP contribution in [0.1, 0.15) is 11.1 Å². The van der Waals surface area contributed by atoms with E-state index in [4.69, 9.17) is 0 Å². The van der Waals surface area contributed by atoms with Crippen molar-refractivity contribution in [3.8, 4) is 0 Å². The van der Waals surface area contributed by atoms with E-state index in [2.05, 4.69) is 19.4 Å². The Labute approximate surface area is 139 Å². The Bertz CT molecular complexity index is 632. The molecule has 0 bridgehead atoms. The summed E-state index contributed by atoms with van der Waals surface area (Å²) in [6, 6.07) is 5.63. The highest BCUT2D eigenvalue weighted by Crippen LogP contribution is 2.29. The Morgan fingerprint density at radius 2 is 1.75 bits per heavy atom. The second-order valence-corrected chi connectivity index (χ2v) is 6.12. The molecule has 0 unspecified atom stereocenters. The van der Waals surface area contributed by atoms with Gasteiger partial charge in [-0.3, -0.25) is 9.80 Å². The van der Waals surface area contributed by atoms with Crippen molar-refractivity contribution in [3.05, 3.63) is 54.1 Å². The summed E-state index contributed by atoms with van der Waals surface area (Å²) < 4.78 is 40.4. The molecule has 1 aliphatic heterocycles. The molecule has 1 fully saturated rings. The van der Waals surface area contributed by atoms with Gasteiger partial charge in [0.25, 0.3) is 0 Å². The summed E-state index contributed by atoms with van der Waals surface area (Å²) in [4.78, 5) is 8.61. The minimum absolute atomic E-state index is 0.569. The summed E-state index contributed by atoms with van der Waals surface area (Å²) in [5.41, 5.74) is 0.149. The molecule has 0 spiro atoms. The van der Waals surface area contributed by atoms with Crippen molar-refractivity contribution < 1.29 is 13.2 Å². The number of rotatable bonds is 5. The van der Waals surface area contributed by atoms with Crippen LogP contribution < -0.4 is 0 Å². The molecule has 2 heterocycles. The molecule has 1 aromatic carbocycles. The number of piperazine rings is 1. The van der Waals surface area contributed by atoms with Crippen molar-refractivity contribution in [1.29, 1.82) is 0 Å². The Morgan fingerprint density at radius 1 is 1.00 bits per heavy atom. The lowest BCUT2D eigenvalue weighted by Crippen LogP contribution is -2.46. The van der Waals surface area contributed by atoms with E-state index in [9.17, 15) is 13.2 Å². The number of hydrogen-bond donors (Lipinski definition) is 0. The topological polar surface area (TPSA) is 24.3 Å². The third-order valence-corrected chi connectivity index (χ3v) is 4.36. The van der Waals surface area contributed by atoms with Crippen molar-refractivity contribution in [2.75, 3.05) is 32.7 Å². The van der Waals surface area contributed by atoms with Gasteiger partial charge in [-0.15, -0.1) is 0 Å². The number of nitrogens with zero attached hydrogens (tertiary/aromatic N) is 4. The molecule has 1 aromatic heterocycles. The molecule has 0 saturated carbocycles. The molecule has 0 radical (unpaired) electrons. The van der Waals surface area contributed by atoms with Crippen molar-refractivity contribution in [1.82, 2.24) is 19.4 Å². The molecule has 130 valence electrons. The van der Waals surface area contributed by atoms with E-state index in [1.165, 1.54) is 12.1 Å². The maximum Gasteiger partial charge on any atom is 0.416 e. The van der Waals surface area contributed by atoms with Gasteiger partial charge in [-0.25, -0.2) is 4.98 Å². The molecule has 0 aliphatic carbocycles. The predicted octanol–water partition coefficient (Wildman–Crippen LogP) is 2.72. The fourth-order valence-corrected chi connectivity index (χ4v) is 2.95. The average molecular weight is 338 g/mol. The van der Waals surface area contributed by atoms with Gasteiger partial charge in [-0.1, -0.05) is 18.2 Å². The highest BCUT2D eigenvalue weighted by molar-refractivity contribution is 5.25. The van der Waals surface area contributed by atoms with Gasteiger partial charge < -0.3 is 4.57 Å². The van der Waals surface area contributed by atoms with Gasteiger partial charge in [0.15, 0.2) is 0 Å². The summed E-state index contributed by atoms with van der Waals surface area (Å²) in [5, 5.41) is 0. The maximum absolute atomic E-state index is 12.8. The van der Waals surface area contributed by atoms with Gasteiger partial charge in [-0.05, 0) is 11.6 Å². The molecule has 2 aromatic rings. The average Bonchev–Trinajstić information content (AvgIpc) is 3.07. The highest BCUT2D eigenvalue weighted by atomic mass is 19.4. The van der Waals surface area contributed by atoms with E-state index >= 15 is 0 Å². The summed E-state index contributed by atoms with van der Waals surface area (Å²) in [6.07, 6.45) is 1.25. The number of alkyl halides is 3. The zero-order valence-electron chi connectivity index (χ0n) is 13.4. The molecule has 4 nitrogen and oxygen atoms in total. The first kappa shape index (κ1) is 17.0. The minimum atomic E-state index is -4.28. The standard InChI is InChI=1S/C17H21F3N4/c18-17(19,20)16-3-1-2-15(12-16)13-23-9-6-22(7-10-23)8-11-24-5-4-21-14-24/h1-5,12,14H,6-11,13H2. The van der Waals surface area contributed by atoms with E-state index in [0.717, 1.165) is 50.9 Å². The molecular formula is C17H21F3N4. The molecular weight excluding hydrogens is 317 g/mol. The van der Waals surface area contributed by atoms with Gasteiger partial charge in [0.2, 0.25) is 0 Å². The SMILES string of the molecule is FC(F)(F)c1cccc(CN2CCN(CCn3ccnc3)CC2)c1. The normalized spacial score (nSPS) is 17.3. The second-order valence-electron chi connectivity index (χ2n) is 6.12. The van der Waals surface area contributed by atoms with Crippen LogP contribution in [-0.2, 0) is 19.3 Å². The Morgan fingerprint density at radius 3 is 2.42 bits per heavy atom. The van der Waals surface area contributed by atoms with Gasteiger partial charge in [0.1, 0.15) is 0 Å². The van der Waals surface area contributed by atoms with E-state index < -0.39 is 11.7 Å². The molecule has 1 aliphatic rings. The van der Waals surface area contributed by atoms with Gasteiger partial charge >= 0.3 is 6.18 Å². The summed E-state index contributed by atoms with van der Waals surface area (Å²) in [6.45, 7) is 6.07. The fraction of sp³-hybridized carbons (Fsp3) is 0.471. The van der Waals surface area contributed by atoms with Crippen LogP contribution in [0.5, 0.6) is 0 Å². The minimum Gasteiger partial charge on any atom is -0.336 e. The van der Waals surface area contributed by atoms with Crippen LogP contribution in [0.3, 0.4) is 0 Å². The number of halogens is 3. The van der Waals surface area contributed by atoms with Gasteiger partial charge in [0, 0.05) is 58.2 Å². The Kier molecular flexibility index (Phi) is 5.20. The van der Waals surface area contributed by atoms with Crippen molar-refractivity contribution in [2.24, 2.45) is 0 Å². The molecule has 0 amide bonds. The van der Waals surface area contributed by atoms with Crippen LogP contribution in [0.4, 0.5) is 13.2 Å². The van der Waals surface area contributed by atoms with Crippen LogP contribution in [-0.4, -0.2) is 52.1 Å². The first-order valence-electron chi connectivity index (χ1n) is 8.07. The van der Waals surface area contributed by atoms with Crippen molar-refractivity contribution in [2.45, 2.75) is 19.3 Å². The predicted molar refractivity (Wildman–Crippen MR) is 85.4 cm³/mol. The zero-order chi connectivity index (χ0) is 17.0. The lowest BCUT2D eigenvalue weighted by molar-refractivity contribution is -0.137. The molecule has 1 saturated heterocycles. The first-order chi connectivity index (χ1) is 11.5. The first-order valence-corrected chi connectivity index (χ1v) is 8.07. The molecule has 24 heavy (non-hydrogen) atoms.